The van der Waals surface area contributed by atoms with E-state index in [0.29, 0.717) is 6.61 Å². The molecule has 0 heterocycles. The molecule has 0 aliphatic rings. The van der Waals surface area contributed by atoms with E-state index in [4.69, 9.17) is 9.47 Å². The van der Waals surface area contributed by atoms with Crippen molar-refractivity contribution in [1.29, 1.82) is 0 Å². The van der Waals surface area contributed by atoms with Crippen LogP contribution in [0.1, 0.15) is 169 Å². The van der Waals surface area contributed by atoms with Gasteiger partial charge in [-0.15, -0.1) is 0 Å². The quantitative estimate of drug-likeness (QED) is 0.0464. The van der Waals surface area contributed by atoms with Crippen LogP contribution in [0.25, 0.3) is 0 Å². The van der Waals surface area contributed by atoms with E-state index in [1.54, 1.807) is 12.1 Å². The van der Waals surface area contributed by atoms with Crippen molar-refractivity contribution < 1.29 is 83.4 Å². The molecule has 0 radical (unpaired) electrons. The van der Waals surface area contributed by atoms with Crippen LogP contribution >= 0.6 is 0 Å². The minimum atomic E-state index is -4.28. The summed E-state index contributed by atoms with van der Waals surface area (Å²) in [6, 6.07) is 6.32. The Balaban J connectivity index is 0.0000176. The second-order valence-electron chi connectivity index (χ2n) is 11.5. The fraction of sp³-hybridized carbons (Fsp3) is 0.765. The van der Waals surface area contributed by atoms with Crippen LogP contribution in [-0.2, 0) is 19.6 Å². The van der Waals surface area contributed by atoms with Crippen LogP contribution in [0.15, 0.2) is 24.3 Å². The molecule has 1 aromatic rings. The molecule has 0 unspecified atom stereocenters. The molecule has 7 nitrogen and oxygen atoms in total. The topological polar surface area (TPSA) is 110 Å². The van der Waals surface area contributed by atoms with E-state index in [9.17, 15) is 22.6 Å². The number of carbonyl (C=O) groups excluding carboxylic acids is 2. The van der Waals surface area contributed by atoms with Gasteiger partial charge in [0.15, 0.2) is 0 Å². The second kappa shape index (κ2) is 29.1. The Morgan fingerprint density at radius 3 is 1.19 bits per heavy atom. The minimum absolute atomic E-state index is 0. The zero-order chi connectivity index (χ0) is 30.7. The van der Waals surface area contributed by atoms with Gasteiger partial charge in [-0.05, 0) is 31.4 Å². The molecule has 242 valence electrons. The van der Waals surface area contributed by atoms with E-state index in [0.717, 1.165) is 19.3 Å². The summed E-state index contributed by atoms with van der Waals surface area (Å²) in [6.07, 6.45) is 26.6. The molecule has 0 aliphatic heterocycles. The third-order valence-electron chi connectivity index (χ3n) is 7.62. The Morgan fingerprint density at radius 2 is 0.860 bits per heavy atom. The Hall–Kier alpha value is -0.294. The van der Waals surface area contributed by atoms with E-state index in [1.165, 1.54) is 121 Å². The van der Waals surface area contributed by atoms with Crippen molar-refractivity contribution in [2.75, 3.05) is 19.0 Å². The summed E-state index contributed by atoms with van der Waals surface area (Å²) in [5.41, 5.74) is 0.264. The van der Waals surface area contributed by atoms with Crippen molar-refractivity contribution >= 4 is 22.1 Å². The maximum absolute atomic E-state index is 12.5. The molecular formula is C34H57KO7S. The molecule has 0 saturated heterocycles. The van der Waals surface area contributed by atoms with Gasteiger partial charge in [0.1, 0.15) is 0 Å². The standard InChI is InChI=1S/C34H58O7S.K/c1-2-3-4-5-6-7-8-9-10-11-12-13-14-15-16-17-18-19-20-23-28-40-33(35)31-26-21-22-27-32(31)34(36)41-29-24-25-30-42(37,38)39;/h21-22,26-27H,2-20,23-25,28-30H2,1H3,(H,37,38,39);/q;+1/p-1. The van der Waals surface area contributed by atoms with Gasteiger partial charge in [-0.3, -0.25) is 0 Å². The predicted octanol–water partition coefficient (Wildman–Crippen LogP) is 6.15. The van der Waals surface area contributed by atoms with Gasteiger partial charge in [-0.2, -0.15) is 0 Å². The molecule has 0 aliphatic carbocycles. The third kappa shape index (κ3) is 25.6. The minimum Gasteiger partial charge on any atom is -0.748 e. The van der Waals surface area contributed by atoms with Gasteiger partial charge in [0.05, 0.1) is 34.5 Å². The first kappa shape index (κ1) is 42.7. The number of rotatable bonds is 28. The van der Waals surface area contributed by atoms with Gasteiger partial charge >= 0.3 is 63.3 Å². The van der Waals surface area contributed by atoms with E-state index in [-0.39, 0.29) is 82.0 Å². The Kier molecular flexibility index (Phi) is 28.9. The molecule has 0 bridgehead atoms. The SMILES string of the molecule is CCCCCCCCCCCCCCCCCCCCCCOC(=O)c1ccccc1C(=O)OCCCCS(=O)(=O)[O-].[K+]. The maximum Gasteiger partial charge on any atom is 1.00 e. The molecule has 0 saturated carbocycles. The summed E-state index contributed by atoms with van der Waals surface area (Å²) in [7, 11) is -4.28. The van der Waals surface area contributed by atoms with E-state index >= 15 is 0 Å². The monoisotopic (exact) mass is 648 g/mol. The van der Waals surface area contributed by atoms with Crippen LogP contribution in [0.4, 0.5) is 0 Å². The molecule has 1 aromatic carbocycles. The van der Waals surface area contributed by atoms with Crippen LogP contribution in [0.2, 0.25) is 0 Å². The van der Waals surface area contributed by atoms with E-state index in [2.05, 4.69) is 6.92 Å². The summed E-state index contributed by atoms with van der Waals surface area (Å²) < 4.78 is 42.4. The van der Waals surface area contributed by atoms with Gasteiger partial charge in [0.2, 0.25) is 0 Å². The Labute approximate surface area is 305 Å². The first-order valence-corrected chi connectivity index (χ1v) is 18.3. The van der Waals surface area contributed by atoms with Gasteiger partial charge in [-0.25, -0.2) is 18.0 Å². The van der Waals surface area contributed by atoms with E-state index < -0.39 is 27.8 Å². The zero-order valence-corrected chi connectivity index (χ0v) is 31.2. The molecule has 0 atom stereocenters. The number of unbranched alkanes of at least 4 members (excludes halogenated alkanes) is 20. The first-order chi connectivity index (χ1) is 20.3. The number of hydrogen-bond acceptors (Lipinski definition) is 7. The van der Waals surface area contributed by atoms with Crippen LogP contribution in [-0.4, -0.2) is 43.9 Å². The smallest absolute Gasteiger partial charge is 0.748 e. The summed E-state index contributed by atoms with van der Waals surface area (Å²) >= 11 is 0. The zero-order valence-electron chi connectivity index (χ0n) is 27.3. The van der Waals surface area contributed by atoms with Crippen molar-refractivity contribution in [2.24, 2.45) is 0 Å². The Bertz CT molecular complexity index is 936. The molecule has 0 amide bonds. The van der Waals surface area contributed by atoms with Gasteiger partial charge in [-0.1, -0.05) is 141 Å². The van der Waals surface area contributed by atoms with Crippen LogP contribution in [0.3, 0.4) is 0 Å². The Morgan fingerprint density at radius 1 is 0.558 bits per heavy atom. The van der Waals surface area contributed by atoms with Crippen molar-refractivity contribution in [3.8, 4) is 0 Å². The van der Waals surface area contributed by atoms with Gasteiger partial charge in [0.25, 0.3) is 0 Å². The third-order valence-corrected chi connectivity index (χ3v) is 8.41. The fourth-order valence-electron chi connectivity index (χ4n) is 5.06. The average Bonchev–Trinajstić information content (AvgIpc) is 2.97. The second-order valence-corrected chi connectivity index (χ2v) is 13.0. The fourth-order valence-corrected chi connectivity index (χ4v) is 5.62. The van der Waals surface area contributed by atoms with E-state index in [1.807, 2.05) is 0 Å². The molecular weight excluding hydrogens is 592 g/mol. The van der Waals surface area contributed by atoms with Crippen LogP contribution in [0, 0.1) is 0 Å². The van der Waals surface area contributed by atoms with Crippen molar-refractivity contribution in [3.05, 3.63) is 35.4 Å². The van der Waals surface area contributed by atoms with Crippen molar-refractivity contribution in [2.45, 2.75) is 148 Å². The van der Waals surface area contributed by atoms with Crippen LogP contribution in [0.5, 0.6) is 0 Å². The molecule has 1 rings (SSSR count). The largest absolute Gasteiger partial charge is 1.00 e. The molecule has 0 N–H and O–H groups in total. The molecule has 0 spiro atoms. The molecule has 0 aromatic heterocycles. The number of hydrogen-bond donors (Lipinski definition) is 0. The average molecular weight is 649 g/mol. The molecule has 43 heavy (non-hydrogen) atoms. The summed E-state index contributed by atoms with van der Waals surface area (Å²) in [5.74, 6) is -1.73. The van der Waals surface area contributed by atoms with Gasteiger partial charge in [0, 0.05) is 5.75 Å². The normalized spacial score (nSPS) is 11.2. The summed E-state index contributed by atoms with van der Waals surface area (Å²) in [4.78, 5) is 24.9. The van der Waals surface area contributed by atoms with Crippen molar-refractivity contribution in [3.63, 3.8) is 0 Å². The van der Waals surface area contributed by atoms with Crippen LogP contribution < -0.4 is 51.4 Å². The van der Waals surface area contributed by atoms with Gasteiger partial charge < -0.3 is 14.0 Å². The number of esters is 2. The maximum atomic E-state index is 12.5. The summed E-state index contributed by atoms with van der Waals surface area (Å²) in [5, 5.41) is 0. The number of carbonyl (C=O) groups is 2. The number of benzene rings is 1. The molecule has 9 heteroatoms. The van der Waals surface area contributed by atoms with Crippen molar-refractivity contribution in [1.82, 2.24) is 0 Å². The first-order valence-electron chi connectivity index (χ1n) is 16.7. The predicted molar refractivity (Wildman–Crippen MR) is 169 cm³/mol. The number of ether oxygens (including phenoxy) is 2. The summed E-state index contributed by atoms with van der Waals surface area (Å²) in [6.45, 7) is 2.55. The molecule has 0 fully saturated rings.